The summed E-state index contributed by atoms with van der Waals surface area (Å²) in [7, 11) is 21.3. The summed E-state index contributed by atoms with van der Waals surface area (Å²) >= 11 is 0. The van der Waals surface area contributed by atoms with Gasteiger partial charge in [0.05, 0.1) is 0 Å². The lowest BCUT2D eigenvalue weighted by atomic mass is 10.6. The second-order valence-electron chi connectivity index (χ2n) is 1.37. The molecular formula is C3H6Cl4S2. The summed E-state index contributed by atoms with van der Waals surface area (Å²) in [5.74, 6) is 1.50. The predicted molar refractivity (Wildman–Crippen MR) is 52.9 cm³/mol. The minimum atomic E-state index is -1.85. The molecule has 0 bridgehead atoms. The van der Waals surface area contributed by atoms with Gasteiger partial charge < -0.3 is 0 Å². The Kier molecular flexibility index (Phi) is 6.64. The van der Waals surface area contributed by atoms with Crippen LogP contribution in [0, 0.1) is 0 Å². The van der Waals surface area contributed by atoms with Gasteiger partial charge in [-0.1, -0.05) is 11.0 Å². The van der Waals surface area contributed by atoms with Crippen molar-refractivity contribution in [2.75, 3.05) is 11.5 Å². The maximum absolute atomic E-state index is 5.53. The average molecular weight is 248 g/mol. The first-order valence-electron chi connectivity index (χ1n) is 2.19. The molecule has 0 spiro atoms. The highest BCUT2D eigenvalue weighted by Gasteiger charge is 2.11. The fraction of sp³-hybridized carbons (Fsp3) is 1.00. The molecule has 58 valence electrons. The molecule has 0 nitrogen and oxygen atoms in total. The number of rotatable bonds is 4. The van der Waals surface area contributed by atoms with Crippen molar-refractivity contribution in [3.8, 4) is 0 Å². The summed E-state index contributed by atoms with van der Waals surface area (Å²) in [6.45, 7) is 0. The van der Waals surface area contributed by atoms with Crippen LogP contribution in [0.2, 0.25) is 0 Å². The molecule has 0 saturated carbocycles. The lowest BCUT2D eigenvalue weighted by Gasteiger charge is -2.13. The van der Waals surface area contributed by atoms with E-state index >= 15 is 0 Å². The fourth-order valence-corrected chi connectivity index (χ4v) is 2.49. The van der Waals surface area contributed by atoms with Crippen molar-refractivity contribution in [1.82, 2.24) is 0 Å². The summed E-state index contributed by atoms with van der Waals surface area (Å²) in [6, 6.07) is 0. The van der Waals surface area contributed by atoms with E-state index in [1.54, 1.807) is 0 Å². The molecule has 0 aliphatic carbocycles. The van der Waals surface area contributed by atoms with E-state index in [1.807, 2.05) is 0 Å². The third-order valence-corrected chi connectivity index (χ3v) is 3.64. The SMILES string of the molecule is ClSCCCS(Cl)(Cl)Cl. The van der Waals surface area contributed by atoms with Crippen molar-refractivity contribution in [2.45, 2.75) is 6.42 Å². The van der Waals surface area contributed by atoms with Crippen molar-refractivity contribution in [2.24, 2.45) is 0 Å². The van der Waals surface area contributed by atoms with E-state index in [1.165, 1.54) is 11.0 Å². The van der Waals surface area contributed by atoms with Crippen LogP contribution in [0.5, 0.6) is 0 Å². The lowest BCUT2D eigenvalue weighted by molar-refractivity contribution is 1.13. The van der Waals surface area contributed by atoms with E-state index in [-0.39, 0.29) is 0 Å². The van der Waals surface area contributed by atoms with Gasteiger partial charge >= 0.3 is 0 Å². The first-order valence-corrected chi connectivity index (χ1v) is 8.29. The molecule has 0 atom stereocenters. The molecule has 6 heteroatoms. The number of halogens is 4. The maximum atomic E-state index is 5.53. The molecule has 0 saturated heterocycles. The first kappa shape index (κ1) is 10.9. The Bertz CT molecular complexity index is 70.7. The van der Waals surface area contributed by atoms with E-state index in [2.05, 4.69) is 0 Å². The van der Waals surface area contributed by atoms with Gasteiger partial charge in [-0.2, -0.15) is 0 Å². The molecule has 0 unspecified atom stereocenters. The van der Waals surface area contributed by atoms with Crippen LogP contribution < -0.4 is 0 Å². The topological polar surface area (TPSA) is 0 Å². The van der Waals surface area contributed by atoms with Crippen molar-refractivity contribution in [1.29, 1.82) is 0 Å². The van der Waals surface area contributed by atoms with Crippen LogP contribution in [0.25, 0.3) is 0 Å². The van der Waals surface area contributed by atoms with Gasteiger partial charge in [0, 0.05) is 11.5 Å². The predicted octanol–water partition coefficient (Wildman–Crippen LogP) is 4.53. The van der Waals surface area contributed by atoms with Crippen LogP contribution in [0.3, 0.4) is 0 Å². The van der Waals surface area contributed by atoms with Crippen LogP contribution in [-0.2, 0) is 0 Å². The molecule has 0 aliphatic rings. The Morgan fingerprint density at radius 1 is 1.22 bits per heavy atom. The quantitative estimate of drug-likeness (QED) is 0.658. The van der Waals surface area contributed by atoms with E-state index in [4.69, 9.17) is 42.7 Å². The molecule has 0 aromatic carbocycles. The molecule has 0 N–H and O–H groups in total. The summed E-state index contributed by atoms with van der Waals surface area (Å²) in [5.41, 5.74) is 0. The van der Waals surface area contributed by atoms with Crippen molar-refractivity contribution in [3.05, 3.63) is 0 Å². The molecule has 0 fully saturated rings. The Hall–Kier alpha value is 1.86. The highest BCUT2D eigenvalue weighted by Crippen LogP contribution is 2.63. The van der Waals surface area contributed by atoms with Crippen LogP contribution >= 0.6 is 61.4 Å². The molecule has 0 aliphatic heterocycles. The molecule has 0 rings (SSSR count). The molecule has 0 heterocycles. The van der Waals surface area contributed by atoms with E-state index in [9.17, 15) is 0 Å². The zero-order chi connectivity index (χ0) is 7.33. The minimum Gasteiger partial charge on any atom is -0.0558 e. The van der Waals surface area contributed by atoms with Crippen LogP contribution in [-0.4, -0.2) is 11.5 Å². The summed E-state index contributed by atoms with van der Waals surface area (Å²) in [6.07, 6.45) is 0.875. The van der Waals surface area contributed by atoms with Gasteiger partial charge in [0.15, 0.2) is 0 Å². The third kappa shape index (κ3) is 9.86. The summed E-state index contributed by atoms with van der Waals surface area (Å²) in [4.78, 5) is 0. The third-order valence-electron chi connectivity index (χ3n) is 0.597. The Balaban J connectivity index is 3.07. The highest BCUT2D eigenvalue weighted by molar-refractivity contribution is 8.79. The normalized spacial score (nSPS) is 13.8. The molecule has 0 radical (unpaired) electrons. The Morgan fingerprint density at radius 3 is 2.11 bits per heavy atom. The van der Waals surface area contributed by atoms with Gasteiger partial charge in [-0.3, -0.25) is 0 Å². The van der Waals surface area contributed by atoms with Crippen molar-refractivity contribution in [3.63, 3.8) is 0 Å². The molecule has 0 amide bonds. The smallest absolute Gasteiger partial charge is 0.0173 e. The molecular weight excluding hydrogens is 242 g/mol. The minimum absolute atomic E-state index is 0.650. The lowest BCUT2D eigenvalue weighted by Crippen LogP contribution is -1.85. The summed E-state index contributed by atoms with van der Waals surface area (Å²) < 4.78 is 0. The van der Waals surface area contributed by atoms with E-state index in [0.717, 1.165) is 12.2 Å². The Morgan fingerprint density at radius 2 is 1.78 bits per heavy atom. The number of hydrogen-bond donors (Lipinski definition) is 0. The fourth-order valence-electron chi connectivity index (χ4n) is 0.277. The average Bonchev–Trinajstić information content (AvgIpc) is 1.63. The van der Waals surface area contributed by atoms with Crippen molar-refractivity contribution >= 4 is 61.4 Å². The first-order chi connectivity index (χ1) is 4.06. The molecule has 0 aromatic rings. The molecule has 9 heavy (non-hydrogen) atoms. The van der Waals surface area contributed by atoms with Crippen LogP contribution in [0.4, 0.5) is 0 Å². The van der Waals surface area contributed by atoms with Gasteiger partial charge in [-0.15, -0.1) is 0 Å². The largest absolute Gasteiger partial charge is 0.0558 e. The van der Waals surface area contributed by atoms with Gasteiger partial charge in [0.25, 0.3) is 0 Å². The Labute approximate surface area is 78.9 Å². The van der Waals surface area contributed by atoms with Gasteiger partial charge in [-0.25, -0.2) is 0 Å². The standard InChI is InChI=1S/C3H6Cl4S2/c4-8-2-1-3-9(5,6)7/h1-3H2. The molecule has 0 aromatic heterocycles. The van der Waals surface area contributed by atoms with Crippen molar-refractivity contribution < 1.29 is 0 Å². The second kappa shape index (κ2) is 5.50. The maximum Gasteiger partial charge on any atom is 0.0173 e. The summed E-state index contributed by atoms with van der Waals surface area (Å²) in [5, 5.41) is 0. The number of hydrogen-bond acceptors (Lipinski definition) is 1. The van der Waals surface area contributed by atoms with Crippen LogP contribution in [0.15, 0.2) is 0 Å². The van der Waals surface area contributed by atoms with Crippen LogP contribution in [0.1, 0.15) is 6.42 Å². The highest BCUT2D eigenvalue weighted by atomic mass is 36.2. The van der Waals surface area contributed by atoms with Gasteiger partial charge in [0.1, 0.15) is 0 Å². The zero-order valence-corrected chi connectivity index (χ0v) is 9.11. The monoisotopic (exact) mass is 246 g/mol. The van der Waals surface area contributed by atoms with E-state index < -0.39 is 7.67 Å². The van der Waals surface area contributed by atoms with Gasteiger partial charge in [0.2, 0.25) is 0 Å². The van der Waals surface area contributed by atoms with E-state index in [0.29, 0.717) is 5.75 Å². The second-order valence-corrected chi connectivity index (χ2v) is 10.2. The van der Waals surface area contributed by atoms with Gasteiger partial charge in [-0.05, 0) is 56.8 Å². The zero-order valence-electron chi connectivity index (χ0n) is 4.45.